The van der Waals surface area contributed by atoms with Gasteiger partial charge >= 0.3 is 11.7 Å². The number of anilines is 1. The Hall–Kier alpha value is -1.85. The summed E-state index contributed by atoms with van der Waals surface area (Å²) in [4.78, 5) is 28.2. The molecule has 0 unspecified atom stereocenters. The van der Waals surface area contributed by atoms with Crippen LogP contribution in [0.2, 0.25) is 0 Å². The first-order chi connectivity index (χ1) is 7.59. The Morgan fingerprint density at radius 3 is 2.62 bits per heavy atom. The van der Waals surface area contributed by atoms with Crippen molar-refractivity contribution in [1.29, 1.82) is 0 Å². The van der Waals surface area contributed by atoms with Gasteiger partial charge in [0, 0.05) is 11.6 Å². The summed E-state index contributed by atoms with van der Waals surface area (Å²) < 4.78 is 0. The number of nitrogens with two attached hydrogens (primary N) is 1. The molecule has 1 aromatic heterocycles. The van der Waals surface area contributed by atoms with Gasteiger partial charge in [0.05, 0.1) is 0 Å². The van der Waals surface area contributed by atoms with Crippen molar-refractivity contribution in [3.63, 3.8) is 0 Å². The third-order valence-corrected chi connectivity index (χ3v) is 2.97. The maximum Gasteiger partial charge on any atom is 0.347 e. The van der Waals surface area contributed by atoms with Gasteiger partial charge in [-0.25, -0.2) is 9.59 Å². The maximum atomic E-state index is 11.2. The van der Waals surface area contributed by atoms with Crippen molar-refractivity contribution in [2.24, 2.45) is 0 Å². The van der Waals surface area contributed by atoms with E-state index in [0.717, 1.165) is 25.7 Å². The molecule has 0 bridgehead atoms. The van der Waals surface area contributed by atoms with Gasteiger partial charge in [0.2, 0.25) is 0 Å². The monoisotopic (exact) mass is 223 g/mol. The molecule has 0 atom stereocenters. The molecule has 6 nitrogen and oxygen atoms in total. The van der Waals surface area contributed by atoms with Gasteiger partial charge in [0.25, 0.3) is 0 Å². The molecule has 1 aromatic rings. The second kappa shape index (κ2) is 3.96. The summed E-state index contributed by atoms with van der Waals surface area (Å²) in [5.41, 5.74) is 5.28. The molecule has 0 spiro atoms. The van der Waals surface area contributed by atoms with Crippen molar-refractivity contribution >= 4 is 11.8 Å². The fourth-order valence-corrected chi connectivity index (χ4v) is 2.25. The van der Waals surface area contributed by atoms with E-state index < -0.39 is 11.7 Å². The molecule has 0 aliphatic heterocycles. The minimum absolute atomic E-state index is 0.0495. The lowest BCUT2D eigenvalue weighted by Gasteiger charge is -2.12. The number of aromatic nitrogens is 2. The Balaban J connectivity index is 2.56. The highest BCUT2D eigenvalue weighted by Crippen LogP contribution is 2.35. The summed E-state index contributed by atoms with van der Waals surface area (Å²) in [5, 5.41) is 9.06. The number of hydrogen-bond donors (Lipinski definition) is 3. The molecule has 1 heterocycles. The number of hydrogen-bond acceptors (Lipinski definition) is 4. The zero-order chi connectivity index (χ0) is 11.7. The Kier molecular flexibility index (Phi) is 2.64. The smallest absolute Gasteiger partial charge is 0.347 e. The zero-order valence-corrected chi connectivity index (χ0v) is 8.69. The van der Waals surface area contributed by atoms with Crippen LogP contribution in [-0.2, 0) is 0 Å². The highest BCUT2D eigenvalue weighted by molar-refractivity contribution is 5.93. The molecule has 0 radical (unpaired) electrons. The molecule has 2 rings (SSSR count). The summed E-state index contributed by atoms with van der Waals surface area (Å²) in [5.74, 6) is -1.24. The van der Waals surface area contributed by atoms with Crippen LogP contribution < -0.4 is 11.4 Å². The van der Waals surface area contributed by atoms with Gasteiger partial charge in [-0.1, -0.05) is 12.8 Å². The van der Waals surface area contributed by atoms with E-state index in [4.69, 9.17) is 10.8 Å². The van der Waals surface area contributed by atoms with E-state index in [9.17, 15) is 9.59 Å². The predicted octanol–water partition coefficient (Wildman–Crippen LogP) is 0.708. The van der Waals surface area contributed by atoms with Gasteiger partial charge in [-0.05, 0) is 12.8 Å². The van der Waals surface area contributed by atoms with E-state index >= 15 is 0 Å². The van der Waals surface area contributed by atoms with Gasteiger partial charge in [-0.15, -0.1) is 0 Å². The molecule has 0 amide bonds. The Morgan fingerprint density at radius 2 is 2.06 bits per heavy atom. The van der Waals surface area contributed by atoms with Crippen LogP contribution in [0.1, 0.15) is 47.7 Å². The molecule has 4 N–H and O–H groups in total. The average molecular weight is 223 g/mol. The second-order valence-corrected chi connectivity index (χ2v) is 4.00. The minimum Gasteiger partial charge on any atom is -0.477 e. The number of nitrogens with zero attached hydrogens (tertiary/aromatic N) is 1. The van der Waals surface area contributed by atoms with Crippen molar-refractivity contribution in [3.8, 4) is 0 Å². The van der Waals surface area contributed by atoms with Gasteiger partial charge in [0.15, 0.2) is 0 Å². The van der Waals surface area contributed by atoms with Crippen LogP contribution in [0.15, 0.2) is 4.79 Å². The minimum atomic E-state index is -1.14. The molecule has 86 valence electrons. The van der Waals surface area contributed by atoms with Crippen molar-refractivity contribution in [2.75, 3.05) is 5.73 Å². The maximum absolute atomic E-state index is 11.2. The first-order valence-corrected chi connectivity index (χ1v) is 5.22. The molecule has 1 aliphatic rings. The van der Waals surface area contributed by atoms with Crippen LogP contribution in [0.3, 0.4) is 0 Å². The number of carboxylic acids is 1. The third-order valence-electron chi connectivity index (χ3n) is 2.97. The molecule has 1 saturated carbocycles. The molecule has 6 heteroatoms. The lowest BCUT2D eigenvalue weighted by atomic mass is 9.99. The largest absolute Gasteiger partial charge is 0.477 e. The molecule has 1 aliphatic carbocycles. The zero-order valence-electron chi connectivity index (χ0n) is 8.69. The number of nitrogens with one attached hydrogen (secondary N) is 1. The van der Waals surface area contributed by atoms with E-state index in [-0.39, 0.29) is 17.3 Å². The number of nitrogen functional groups attached to an aromatic ring is 1. The van der Waals surface area contributed by atoms with Crippen molar-refractivity contribution in [1.82, 2.24) is 9.97 Å². The van der Waals surface area contributed by atoms with Crippen LogP contribution in [0.5, 0.6) is 0 Å². The van der Waals surface area contributed by atoms with Gasteiger partial charge < -0.3 is 15.8 Å². The fraction of sp³-hybridized carbons (Fsp3) is 0.500. The predicted molar refractivity (Wildman–Crippen MR) is 57.4 cm³/mol. The molecular formula is C10H13N3O3. The number of H-pyrrole nitrogens is 1. The lowest BCUT2D eigenvalue weighted by molar-refractivity contribution is 0.0695. The molecule has 0 saturated heterocycles. The highest BCUT2D eigenvalue weighted by atomic mass is 16.4. The summed E-state index contributed by atoms with van der Waals surface area (Å²) >= 11 is 0. The van der Waals surface area contributed by atoms with Gasteiger partial charge in [-0.2, -0.15) is 4.98 Å². The first kappa shape index (κ1) is 10.7. The van der Waals surface area contributed by atoms with Gasteiger partial charge in [0.1, 0.15) is 11.4 Å². The van der Waals surface area contributed by atoms with E-state index in [1.54, 1.807) is 0 Å². The van der Waals surface area contributed by atoms with Crippen LogP contribution in [0.4, 0.5) is 5.82 Å². The summed E-state index contributed by atoms with van der Waals surface area (Å²) in [6, 6.07) is 0. The van der Waals surface area contributed by atoms with E-state index in [2.05, 4.69) is 9.97 Å². The molecule has 1 fully saturated rings. The summed E-state index contributed by atoms with van der Waals surface area (Å²) in [6.45, 7) is 0. The normalized spacial score (nSPS) is 16.5. The summed E-state index contributed by atoms with van der Waals surface area (Å²) in [7, 11) is 0. The molecular weight excluding hydrogens is 210 g/mol. The average Bonchev–Trinajstić information content (AvgIpc) is 2.67. The number of aromatic amines is 1. The standard InChI is InChI=1S/C10H13N3O3/c11-8-6(9(14)15)7(12-10(16)13-8)5-3-1-2-4-5/h5H,1-4H2,(H,14,15)(H3,11,12,13,16). The van der Waals surface area contributed by atoms with Crippen LogP contribution in [-0.4, -0.2) is 21.0 Å². The van der Waals surface area contributed by atoms with Crippen molar-refractivity contribution < 1.29 is 9.90 Å². The van der Waals surface area contributed by atoms with E-state index in [1.807, 2.05) is 0 Å². The van der Waals surface area contributed by atoms with Crippen molar-refractivity contribution in [3.05, 3.63) is 21.7 Å². The number of rotatable bonds is 2. The number of carbonyl (C=O) groups is 1. The quantitative estimate of drug-likeness (QED) is 0.684. The Morgan fingerprint density at radius 1 is 1.44 bits per heavy atom. The van der Waals surface area contributed by atoms with E-state index in [0.29, 0.717) is 5.69 Å². The van der Waals surface area contributed by atoms with Crippen LogP contribution in [0.25, 0.3) is 0 Å². The second-order valence-electron chi connectivity index (χ2n) is 4.00. The van der Waals surface area contributed by atoms with Gasteiger partial charge in [-0.3, -0.25) is 0 Å². The molecule has 0 aromatic carbocycles. The molecule has 16 heavy (non-hydrogen) atoms. The third kappa shape index (κ3) is 1.78. The van der Waals surface area contributed by atoms with Crippen LogP contribution >= 0.6 is 0 Å². The van der Waals surface area contributed by atoms with E-state index in [1.165, 1.54) is 0 Å². The Labute approximate surface area is 91.5 Å². The number of carboxylic acid groups (broad SMARTS) is 1. The topological polar surface area (TPSA) is 109 Å². The highest BCUT2D eigenvalue weighted by Gasteiger charge is 2.26. The Bertz CT molecular complexity index is 475. The fourth-order valence-electron chi connectivity index (χ4n) is 2.25. The van der Waals surface area contributed by atoms with Crippen LogP contribution in [0, 0.1) is 0 Å². The number of aromatic carboxylic acids is 1. The first-order valence-electron chi connectivity index (χ1n) is 5.22. The summed E-state index contributed by atoms with van der Waals surface area (Å²) in [6.07, 6.45) is 3.88. The lowest BCUT2D eigenvalue weighted by Crippen LogP contribution is -2.22. The SMILES string of the molecule is Nc1nc(=O)[nH]c(C2CCCC2)c1C(=O)O. The van der Waals surface area contributed by atoms with Crippen molar-refractivity contribution in [2.45, 2.75) is 31.6 Å².